The molecule has 4 heterocycles. The quantitative estimate of drug-likeness (QED) is 0.575. The normalized spacial score (nSPS) is 17.4. The molecule has 0 radical (unpaired) electrons. The predicted octanol–water partition coefficient (Wildman–Crippen LogP) is 0.729. The Morgan fingerprint density at radius 1 is 0.871 bits per heavy atom. The molecular weight excluding hydrogens is 422 g/mol. The minimum atomic E-state index is -3.64. The van der Waals surface area contributed by atoms with Gasteiger partial charge in [-0.25, -0.2) is 28.1 Å². The van der Waals surface area contributed by atoms with E-state index in [4.69, 9.17) is 9.47 Å². The third kappa shape index (κ3) is 3.91. The van der Waals surface area contributed by atoms with Crippen LogP contribution in [0.15, 0.2) is 48.1 Å². The van der Waals surface area contributed by atoms with Crippen LogP contribution in [0.4, 0.5) is 5.82 Å². The number of hydrogen-bond acceptors (Lipinski definition) is 9. The molecular formula is C19H21N7O4S. The molecule has 2 aliphatic rings. The second-order valence-corrected chi connectivity index (χ2v) is 9.06. The van der Waals surface area contributed by atoms with E-state index in [2.05, 4.69) is 20.1 Å². The molecule has 11 nitrogen and oxygen atoms in total. The molecule has 0 saturated carbocycles. The highest BCUT2D eigenvalue weighted by atomic mass is 32.2. The monoisotopic (exact) mass is 443 g/mol. The SMILES string of the molecule is O=S(=O)(c1ccc2c(c1)OCCCO2)N1CCN(c2cc(-n3cncn3)ncn2)CC1. The first-order chi connectivity index (χ1) is 15.1. The van der Waals surface area contributed by atoms with Crippen molar-refractivity contribution in [3.63, 3.8) is 0 Å². The average Bonchev–Trinajstić information content (AvgIpc) is 3.24. The van der Waals surface area contributed by atoms with Crippen LogP contribution in [-0.2, 0) is 10.0 Å². The zero-order valence-corrected chi connectivity index (χ0v) is 17.5. The molecule has 0 spiro atoms. The van der Waals surface area contributed by atoms with Crippen molar-refractivity contribution >= 4 is 15.8 Å². The van der Waals surface area contributed by atoms with Crippen molar-refractivity contribution in [3.8, 4) is 17.3 Å². The first-order valence-electron chi connectivity index (χ1n) is 9.93. The van der Waals surface area contributed by atoms with Gasteiger partial charge in [0.15, 0.2) is 17.3 Å². The summed E-state index contributed by atoms with van der Waals surface area (Å²) in [6.07, 6.45) is 5.23. The molecule has 31 heavy (non-hydrogen) atoms. The number of sulfonamides is 1. The van der Waals surface area contributed by atoms with Gasteiger partial charge < -0.3 is 14.4 Å². The number of ether oxygens (including phenoxy) is 2. The van der Waals surface area contributed by atoms with E-state index >= 15 is 0 Å². The van der Waals surface area contributed by atoms with Crippen molar-refractivity contribution in [2.45, 2.75) is 11.3 Å². The van der Waals surface area contributed by atoms with Crippen LogP contribution in [0.3, 0.4) is 0 Å². The Morgan fingerprint density at radius 2 is 1.65 bits per heavy atom. The van der Waals surface area contributed by atoms with Crippen LogP contribution in [0.1, 0.15) is 6.42 Å². The lowest BCUT2D eigenvalue weighted by molar-refractivity contribution is 0.296. The van der Waals surface area contributed by atoms with E-state index < -0.39 is 10.0 Å². The average molecular weight is 443 g/mol. The zero-order chi connectivity index (χ0) is 21.3. The third-order valence-corrected chi connectivity index (χ3v) is 7.11. The number of piperazine rings is 1. The Labute approximate surface area is 179 Å². The summed E-state index contributed by atoms with van der Waals surface area (Å²) >= 11 is 0. The highest BCUT2D eigenvalue weighted by molar-refractivity contribution is 7.89. The van der Waals surface area contributed by atoms with Crippen molar-refractivity contribution in [2.75, 3.05) is 44.3 Å². The summed E-state index contributed by atoms with van der Waals surface area (Å²) in [4.78, 5) is 14.7. The van der Waals surface area contributed by atoms with Crippen LogP contribution in [0, 0.1) is 0 Å². The van der Waals surface area contributed by atoms with Gasteiger partial charge in [-0.3, -0.25) is 0 Å². The van der Waals surface area contributed by atoms with Crippen molar-refractivity contribution in [1.82, 2.24) is 29.0 Å². The summed E-state index contributed by atoms with van der Waals surface area (Å²) in [6.45, 7) is 2.78. The Balaban J connectivity index is 1.30. The number of rotatable bonds is 4. The molecule has 5 rings (SSSR count). The molecule has 1 aromatic carbocycles. The van der Waals surface area contributed by atoms with Crippen molar-refractivity contribution in [2.24, 2.45) is 0 Å². The first kappa shape index (κ1) is 19.7. The number of anilines is 1. The van der Waals surface area contributed by atoms with E-state index in [-0.39, 0.29) is 4.90 Å². The van der Waals surface area contributed by atoms with Crippen LogP contribution >= 0.6 is 0 Å². The van der Waals surface area contributed by atoms with Gasteiger partial charge in [0.2, 0.25) is 10.0 Å². The smallest absolute Gasteiger partial charge is 0.243 e. The molecule has 0 amide bonds. The number of aromatic nitrogens is 5. The largest absolute Gasteiger partial charge is 0.490 e. The fourth-order valence-corrected chi connectivity index (χ4v) is 5.01. The lowest BCUT2D eigenvalue weighted by atomic mass is 10.3. The van der Waals surface area contributed by atoms with Crippen LogP contribution in [-0.4, -0.2) is 76.8 Å². The van der Waals surface area contributed by atoms with E-state index in [0.717, 1.165) is 6.42 Å². The van der Waals surface area contributed by atoms with Gasteiger partial charge >= 0.3 is 0 Å². The fourth-order valence-electron chi connectivity index (χ4n) is 3.57. The molecule has 2 aliphatic heterocycles. The van der Waals surface area contributed by atoms with Gasteiger partial charge in [0, 0.05) is 44.7 Å². The fraction of sp³-hybridized carbons (Fsp3) is 0.368. The van der Waals surface area contributed by atoms with Gasteiger partial charge in [-0.1, -0.05) is 0 Å². The summed E-state index contributed by atoms with van der Waals surface area (Å²) in [5.74, 6) is 2.37. The highest BCUT2D eigenvalue weighted by Gasteiger charge is 2.30. The lowest BCUT2D eigenvalue weighted by Gasteiger charge is -2.34. The minimum Gasteiger partial charge on any atom is -0.490 e. The number of benzene rings is 1. The van der Waals surface area contributed by atoms with E-state index in [1.54, 1.807) is 29.2 Å². The second kappa shape index (κ2) is 8.12. The minimum absolute atomic E-state index is 0.209. The second-order valence-electron chi connectivity index (χ2n) is 7.12. The molecule has 3 aromatic rings. The summed E-state index contributed by atoms with van der Waals surface area (Å²) in [5, 5.41) is 4.08. The Bertz CT molecular complexity index is 1160. The molecule has 2 aromatic heterocycles. The zero-order valence-electron chi connectivity index (χ0n) is 16.7. The summed E-state index contributed by atoms with van der Waals surface area (Å²) in [7, 11) is -3.64. The van der Waals surface area contributed by atoms with E-state index in [9.17, 15) is 8.42 Å². The van der Waals surface area contributed by atoms with Crippen LogP contribution < -0.4 is 14.4 Å². The molecule has 12 heteroatoms. The molecule has 162 valence electrons. The number of hydrogen-bond donors (Lipinski definition) is 0. The Hall–Kier alpha value is -3.25. The standard InChI is InChI=1S/C19H21N7O4S/c27-31(28,15-2-3-16-17(10-15)30-9-1-8-29-16)25-6-4-24(5-7-25)18-11-19(22-13-21-18)26-14-20-12-23-26/h2-3,10-14H,1,4-9H2. The molecule has 0 N–H and O–H groups in total. The summed E-state index contributed by atoms with van der Waals surface area (Å²) in [5.41, 5.74) is 0. The maximum absolute atomic E-state index is 13.2. The topological polar surface area (TPSA) is 116 Å². The van der Waals surface area contributed by atoms with Crippen LogP contribution in [0.5, 0.6) is 11.5 Å². The van der Waals surface area contributed by atoms with E-state index in [1.807, 2.05) is 11.0 Å². The molecule has 0 bridgehead atoms. The molecule has 0 aliphatic carbocycles. The van der Waals surface area contributed by atoms with Gasteiger partial charge in [0.1, 0.15) is 24.8 Å². The lowest BCUT2D eigenvalue weighted by Crippen LogP contribution is -2.49. The van der Waals surface area contributed by atoms with Crippen molar-refractivity contribution in [3.05, 3.63) is 43.2 Å². The summed E-state index contributed by atoms with van der Waals surface area (Å²) < 4.78 is 40.6. The van der Waals surface area contributed by atoms with E-state index in [1.165, 1.54) is 17.0 Å². The Kier molecular flexibility index (Phi) is 5.16. The van der Waals surface area contributed by atoms with Gasteiger partial charge in [-0.2, -0.15) is 9.40 Å². The first-order valence-corrected chi connectivity index (χ1v) is 11.4. The van der Waals surface area contributed by atoms with Crippen LogP contribution in [0.25, 0.3) is 5.82 Å². The number of nitrogens with zero attached hydrogens (tertiary/aromatic N) is 7. The molecule has 1 fully saturated rings. The van der Waals surface area contributed by atoms with Gasteiger partial charge in [-0.05, 0) is 12.1 Å². The molecule has 0 unspecified atom stereocenters. The van der Waals surface area contributed by atoms with Gasteiger partial charge in [-0.15, -0.1) is 0 Å². The predicted molar refractivity (Wildman–Crippen MR) is 110 cm³/mol. The van der Waals surface area contributed by atoms with Crippen LogP contribution in [0.2, 0.25) is 0 Å². The molecule has 1 saturated heterocycles. The third-order valence-electron chi connectivity index (χ3n) is 5.21. The summed E-state index contributed by atoms with van der Waals surface area (Å²) in [6, 6.07) is 6.60. The van der Waals surface area contributed by atoms with Gasteiger partial charge in [0.05, 0.1) is 18.1 Å². The van der Waals surface area contributed by atoms with E-state index in [0.29, 0.717) is 62.5 Å². The Morgan fingerprint density at radius 3 is 2.42 bits per heavy atom. The van der Waals surface area contributed by atoms with Crippen molar-refractivity contribution in [1.29, 1.82) is 0 Å². The maximum atomic E-state index is 13.2. The van der Waals surface area contributed by atoms with Crippen molar-refractivity contribution < 1.29 is 17.9 Å². The van der Waals surface area contributed by atoms with Gasteiger partial charge in [0.25, 0.3) is 0 Å². The molecule has 0 atom stereocenters. The number of fused-ring (bicyclic) bond motifs is 1. The maximum Gasteiger partial charge on any atom is 0.243 e. The highest BCUT2D eigenvalue weighted by Crippen LogP contribution is 2.33.